The monoisotopic (exact) mass is 383 g/mol. The third-order valence-electron chi connectivity index (χ3n) is 4.91. The fraction of sp³-hybridized carbons (Fsp3) is 0.500. The SMILES string of the molecule is CC[C@H](Nc1nc(N(C)c2ncccc2C)c2ncn(C(C)C)c2n1)[C@@H](C)O. The maximum atomic E-state index is 10.0. The number of aryl methyl sites for hydroxylation is 1. The molecular formula is C20H29N7O. The maximum absolute atomic E-state index is 10.0. The average molecular weight is 384 g/mol. The fourth-order valence-electron chi connectivity index (χ4n) is 3.24. The topological polar surface area (TPSA) is 92.0 Å². The predicted molar refractivity (Wildman–Crippen MR) is 112 cm³/mol. The van der Waals surface area contributed by atoms with E-state index in [0.29, 0.717) is 11.8 Å². The Hall–Kier alpha value is -2.74. The minimum Gasteiger partial charge on any atom is -0.391 e. The lowest BCUT2D eigenvalue weighted by Gasteiger charge is -2.23. The summed E-state index contributed by atoms with van der Waals surface area (Å²) in [5.41, 5.74) is 2.52. The van der Waals surface area contributed by atoms with E-state index in [9.17, 15) is 5.11 Å². The van der Waals surface area contributed by atoms with Crippen LogP contribution in [0.5, 0.6) is 0 Å². The minimum absolute atomic E-state index is 0.136. The maximum Gasteiger partial charge on any atom is 0.227 e. The number of aliphatic hydroxyl groups is 1. The van der Waals surface area contributed by atoms with Crippen molar-refractivity contribution in [2.75, 3.05) is 17.3 Å². The zero-order valence-electron chi connectivity index (χ0n) is 17.4. The summed E-state index contributed by atoms with van der Waals surface area (Å²) in [4.78, 5) is 20.5. The molecule has 0 aliphatic heterocycles. The van der Waals surface area contributed by atoms with Crippen LogP contribution in [-0.4, -0.2) is 48.8 Å². The summed E-state index contributed by atoms with van der Waals surface area (Å²) in [6.45, 7) is 9.98. The Morgan fingerprint density at radius 1 is 1.18 bits per heavy atom. The third-order valence-corrected chi connectivity index (χ3v) is 4.91. The van der Waals surface area contributed by atoms with Gasteiger partial charge in [0.1, 0.15) is 5.82 Å². The lowest BCUT2D eigenvalue weighted by Crippen LogP contribution is -2.31. The number of fused-ring (bicyclic) bond motifs is 1. The number of nitrogens with one attached hydrogen (secondary N) is 1. The Labute approximate surface area is 165 Å². The van der Waals surface area contributed by atoms with Crippen LogP contribution in [0.25, 0.3) is 11.2 Å². The van der Waals surface area contributed by atoms with E-state index < -0.39 is 6.10 Å². The molecule has 0 saturated carbocycles. The van der Waals surface area contributed by atoms with Gasteiger partial charge in [-0.1, -0.05) is 13.0 Å². The first-order valence-electron chi connectivity index (χ1n) is 9.68. The van der Waals surface area contributed by atoms with E-state index in [1.54, 1.807) is 19.4 Å². The van der Waals surface area contributed by atoms with Gasteiger partial charge < -0.3 is 19.9 Å². The molecule has 0 aliphatic rings. The van der Waals surface area contributed by atoms with Crippen LogP contribution in [0.1, 0.15) is 45.7 Å². The molecule has 8 heteroatoms. The van der Waals surface area contributed by atoms with Gasteiger partial charge >= 0.3 is 0 Å². The number of pyridine rings is 1. The van der Waals surface area contributed by atoms with Crippen molar-refractivity contribution in [3.8, 4) is 0 Å². The molecular weight excluding hydrogens is 354 g/mol. The summed E-state index contributed by atoms with van der Waals surface area (Å²) in [5, 5.41) is 13.3. The van der Waals surface area contributed by atoms with Gasteiger partial charge in [-0.15, -0.1) is 0 Å². The zero-order valence-corrected chi connectivity index (χ0v) is 17.4. The second-order valence-corrected chi connectivity index (χ2v) is 7.39. The van der Waals surface area contributed by atoms with Crippen molar-refractivity contribution in [3.05, 3.63) is 30.2 Å². The number of hydrogen-bond donors (Lipinski definition) is 2. The van der Waals surface area contributed by atoms with Gasteiger partial charge in [0.05, 0.1) is 18.5 Å². The molecule has 0 unspecified atom stereocenters. The molecule has 0 aliphatic carbocycles. The highest BCUT2D eigenvalue weighted by Crippen LogP contribution is 2.30. The summed E-state index contributed by atoms with van der Waals surface area (Å²) in [6.07, 6.45) is 3.80. The number of aromatic nitrogens is 5. The van der Waals surface area contributed by atoms with Crippen LogP contribution in [0, 0.1) is 6.92 Å². The number of aliphatic hydroxyl groups excluding tert-OH is 1. The van der Waals surface area contributed by atoms with E-state index in [0.717, 1.165) is 29.0 Å². The quantitative estimate of drug-likeness (QED) is 0.645. The molecule has 150 valence electrons. The van der Waals surface area contributed by atoms with Crippen molar-refractivity contribution >= 4 is 28.7 Å². The van der Waals surface area contributed by atoms with Crippen molar-refractivity contribution < 1.29 is 5.11 Å². The van der Waals surface area contributed by atoms with Crippen molar-refractivity contribution in [3.63, 3.8) is 0 Å². The van der Waals surface area contributed by atoms with Crippen LogP contribution < -0.4 is 10.2 Å². The lowest BCUT2D eigenvalue weighted by atomic mass is 10.1. The smallest absolute Gasteiger partial charge is 0.227 e. The first kappa shape index (κ1) is 20.0. The molecule has 0 aromatic carbocycles. The number of rotatable bonds is 7. The minimum atomic E-state index is -0.515. The number of nitrogens with zero attached hydrogens (tertiary/aromatic N) is 6. The van der Waals surface area contributed by atoms with E-state index >= 15 is 0 Å². The van der Waals surface area contributed by atoms with Gasteiger partial charge in [0, 0.05) is 19.3 Å². The van der Waals surface area contributed by atoms with Crippen LogP contribution in [0.2, 0.25) is 0 Å². The highest BCUT2D eigenvalue weighted by molar-refractivity contribution is 5.87. The van der Waals surface area contributed by atoms with E-state index in [1.165, 1.54) is 0 Å². The molecule has 0 amide bonds. The molecule has 28 heavy (non-hydrogen) atoms. The molecule has 8 nitrogen and oxygen atoms in total. The largest absolute Gasteiger partial charge is 0.391 e. The second kappa shape index (κ2) is 8.10. The van der Waals surface area contributed by atoms with Gasteiger partial charge in [-0.25, -0.2) is 9.97 Å². The van der Waals surface area contributed by atoms with Crippen molar-refractivity contribution in [1.29, 1.82) is 0 Å². The number of hydrogen-bond acceptors (Lipinski definition) is 7. The van der Waals surface area contributed by atoms with Crippen molar-refractivity contribution in [2.45, 2.75) is 59.2 Å². The Balaban J connectivity index is 2.16. The van der Waals surface area contributed by atoms with Crippen molar-refractivity contribution in [1.82, 2.24) is 24.5 Å². The third kappa shape index (κ3) is 3.77. The van der Waals surface area contributed by atoms with Crippen LogP contribution in [0.15, 0.2) is 24.7 Å². The van der Waals surface area contributed by atoms with E-state index in [2.05, 4.69) is 29.1 Å². The standard InChI is InChI=1S/C20H29N7O/c1-7-15(14(5)28)23-20-24-18(26(6)17-13(4)9-8-10-21-17)16-19(25-20)27(11-22-16)12(2)3/h8-12,14-15,28H,7H2,1-6H3,(H,23,24,25)/t14-,15+/m1/s1. The lowest BCUT2D eigenvalue weighted by molar-refractivity contribution is 0.169. The first-order chi connectivity index (χ1) is 13.3. The molecule has 3 aromatic heterocycles. The first-order valence-corrected chi connectivity index (χ1v) is 9.68. The molecule has 0 fully saturated rings. The van der Waals surface area contributed by atoms with Gasteiger partial charge in [-0.3, -0.25) is 0 Å². The molecule has 0 spiro atoms. The van der Waals surface area contributed by atoms with Gasteiger partial charge in [0.2, 0.25) is 5.95 Å². The molecule has 0 bridgehead atoms. The summed E-state index contributed by atoms with van der Waals surface area (Å²) in [5.74, 6) is 1.96. The number of anilines is 3. The summed E-state index contributed by atoms with van der Waals surface area (Å²) in [6, 6.07) is 4.00. The van der Waals surface area contributed by atoms with Gasteiger partial charge in [0.15, 0.2) is 17.0 Å². The molecule has 3 rings (SSSR count). The zero-order chi connectivity index (χ0) is 20.4. The Kier molecular flexibility index (Phi) is 5.79. The highest BCUT2D eigenvalue weighted by Gasteiger charge is 2.21. The molecule has 2 atom stereocenters. The molecule has 3 heterocycles. The number of imidazole rings is 1. The summed E-state index contributed by atoms with van der Waals surface area (Å²) >= 11 is 0. The summed E-state index contributed by atoms with van der Waals surface area (Å²) in [7, 11) is 1.93. The van der Waals surface area contributed by atoms with E-state index in [1.807, 2.05) is 42.5 Å². The van der Waals surface area contributed by atoms with E-state index in [-0.39, 0.29) is 12.1 Å². The van der Waals surface area contributed by atoms with E-state index in [4.69, 9.17) is 9.97 Å². The molecule has 3 aromatic rings. The molecule has 0 radical (unpaired) electrons. The fourth-order valence-corrected chi connectivity index (χ4v) is 3.24. The van der Waals surface area contributed by atoms with Crippen LogP contribution in [-0.2, 0) is 0 Å². The van der Waals surface area contributed by atoms with Crippen molar-refractivity contribution in [2.24, 2.45) is 0 Å². The van der Waals surface area contributed by atoms with Gasteiger partial charge in [0.25, 0.3) is 0 Å². The average Bonchev–Trinajstić information content (AvgIpc) is 3.09. The van der Waals surface area contributed by atoms with Crippen LogP contribution in [0.4, 0.5) is 17.6 Å². The van der Waals surface area contributed by atoms with Gasteiger partial charge in [-0.2, -0.15) is 9.97 Å². The Morgan fingerprint density at radius 2 is 1.93 bits per heavy atom. The van der Waals surface area contributed by atoms with Crippen LogP contribution >= 0.6 is 0 Å². The Bertz CT molecular complexity index is 951. The highest BCUT2D eigenvalue weighted by atomic mass is 16.3. The molecule has 2 N–H and O–H groups in total. The normalized spacial score (nSPS) is 13.7. The molecule has 0 saturated heterocycles. The predicted octanol–water partition coefficient (Wildman–Crippen LogP) is 3.45. The Morgan fingerprint density at radius 3 is 2.54 bits per heavy atom. The van der Waals surface area contributed by atoms with Crippen LogP contribution in [0.3, 0.4) is 0 Å². The van der Waals surface area contributed by atoms with Gasteiger partial charge in [-0.05, 0) is 45.7 Å². The second-order valence-electron chi connectivity index (χ2n) is 7.39. The summed E-state index contributed by atoms with van der Waals surface area (Å²) < 4.78 is 2.02.